The van der Waals surface area contributed by atoms with E-state index in [-0.39, 0.29) is 30.3 Å². The Morgan fingerprint density at radius 3 is 2.19 bits per heavy atom. The smallest absolute Gasteiger partial charge is 0.338 e. The summed E-state index contributed by atoms with van der Waals surface area (Å²) in [5, 5.41) is 12.2. The topological polar surface area (TPSA) is 153 Å². The molecule has 0 amide bonds. The number of nitrogens with one attached hydrogen (secondary N) is 1. The van der Waals surface area contributed by atoms with Crippen LogP contribution in [0, 0.1) is 0 Å². The molecule has 4 aromatic carbocycles. The van der Waals surface area contributed by atoms with Crippen LogP contribution in [0.25, 0.3) is 11.2 Å². The molecule has 3 heterocycles. The maximum absolute atomic E-state index is 13.6. The van der Waals surface area contributed by atoms with E-state index in [2.05, 4.69) is 19.9 Å². The van der Waals surface area contributed by atoms with Gasteiger partial charge in [0.2, 0.25) is 5.95 Å². The van der Waals surface area contributed by atoms with Gasteiger partial charge in [0.1, 0.15) is 23.6 Å². The van der Waals surface area contributed by atoms with E-state index < -0.39 is 41.5 Å². The van der Waals surface area contributed by atoms with Gasteiger partial charge >= 0.3 is 5.97 Å². The van der Waals surface area contributed by atoms with Gasteiger partial charge in [0, 0.05) is 14.1 Å². The summed E-state index contributed by atoms with van der Waals surface area (Å²) in [4.78, 5) is 43.9. The Bertz CT molecular complexity index is 2220. The summed E-state index contributed by atoms with van der Waals surface area (Å²) in [6, 6.07) is 35.0. The second-order valence-electron chi connectivity index (χ2n) is 13.0. The van der Waals surface area contributed by atoms with Gasteiger partial charge in [-0.2, -0.15) is 4.98 Å². The molecule has 1 saturated heterocycles. The third-order valence-corrected chi connectivity index (χ3v) is 9.34. The summed E-state index contributed by atoms with van der Waals surface area (Å²) >= 11 is 0. The van der Waals surface area contributed by atoms with Crippen LogP contribution in [0.15, 0.2) is 131 Å². The first-order valence-electron chi connectivity index (χ1n) is 17.4. The average Bonchev–Trinajstić information content (AvgIpc) is 3.64. The molecule has 13 heteroatoms. The largest absolute Gasteiger partial charge is 0.497 e. The van der Waals surface area contributed by atoms with Crippen LogP contribution in [0.1, 0.15) is 33.1 Å². The molecule has 2 N–H and O–H groups in total. The number of hydrogen-bond donors (Lipinski definition) is 2. The SMILES string of the molecule is COc1ccc(C(OC[C@H]2OC[C@@H](n3cnc4c(=O)[nH]c(/N=C/N(C)C)nc43)[C@H](O)[C@@H]2OC(=O)c2ccccc2)(c2ccccc2)c2ccccc2)cc1. The second kappa shape index (κ2) is 15.8. The third kappa shape index (κ3) is 7.24. The zero-order valence-corrected chi connectivity index (χ0v) is 30.0. The van der Waals surface area contributed by atoms with Crippen LogP contribution in [0.5, 0.6) is 5.75 Å². The number of esters is 1. The van der Waals surface area contributed by atoms with Gasteiger partial charge in [0.05, 0.1) is 44.6 Å². The van der Waals surface area contributed by atoms with E-state index in [1.165, 1.54) is 12.7 Å². The van der Waals surface area contributed by atoms with Gasteiger partial charge in [-0.25, -0.2) is 14.8 Å². The number of carbonyl (C=O) groups is 1. The monoisotopic (exact) mass is 728 g/mol. The number of fused-ring (bicyclic) bond motifs is 1. The lowest BCUT2D eigenvalue weighted by molar-refractivity contribution is -0.186. The second-order valence-corrected chi connectivity index (χ2v) is 13.0. The lowest BCUT2D eigenvalue weighted by atomic mass is 9.80. The molecule has 0 bridgehead atoms. The van der Waals surface area contributed by atoms with Crippen molar-refractivity contribution in [2.75, 3.05) is 34.4 Å². The molecule has 0 aliphatic carbocycles. The van der Waals surface area contributed by atoms with Crippen molar-refractivity contribution in [1.82, 2.24) is 24.4 Å². The van der Waals surface area contributed by atoms with Gasteiger partial charge in [0.15, 0.2) is 17.3 Å². The normalized spacial score (nSPS) is 18.8. The molecule has 2 aromatic heterocycles. The fourth-order valence-corrected chi connectivity index (χ4v) is 6.67. The molecule has 1 fully saturated rings. The summed E-state index contributed by atoms with van der Waals surface area (Å²) in [7, 11) is 5.19. The summed E-state index contributed by atoms with van der Waals surface area (Å²) in [5.74, 6) is 0.0996. The van der Waals surface area contributed by atoms with E-state index in [1.54, 1.807) is 61.0 Å². The van der Waals surface area contributed by atoms with Crippen molar-refractivity contribution < 1.29 is 28.8 Å². The molecule has 0 saturated carbocycles. The van der Waals surface area contributed by atoms with E-state index in [0.29, 0.717) is 11.3 Å². The third-order valence-electron chi connectivity index (χ3n) is 9.34. The molecule has 4 atom stereocenters. The Kier molecular flexibility index (Phi) is 10.6. The highest BCUT2D eigenvalue weighted by Crippen LogP contribution is 2.42. The number of aliphatic hydroxyl groups is 1. The quantitative estimate of drug-likeness (QED) is 0.0772. The number of ether oxygens (including phenoxy) is 4. The number of aliphatic imine (C=N–C) groups is 1. The van der Waals surface area contributed by atoms with E-state index in [9.17, 15) is 14.7 Å². The first-order valence-corrected chi connectivity index (χ1v) is 17.4. The van der Waals surface area contributed by atoms with Crippen LogP contribution in [0.2, 0.25) is 0 Å². The van der Waals surface area contributed by atoms with Crippen molar-refractivity contribution in [3.05, 3.63) is 154 Å². The Morgan fingerprint density at radius 2 is 1.57 bits per heavy atom. The number of nitrogens with zero attached hydrogens (tertiary/aromatic N) is 5. The predicted molar refractivity (Wildman–Crippen MR) is 202 cm³/mol. The van der Waals surface area contributed by atoms with E-state index >= 15 is 0 Å². The number of hydrogen-bond acceptors (Lipinski definition) is 10. The van der Waals surface area contributed by atoms with Gasteiger partial charge in [-0.1, -0.05) is 91.0 Å². The minimum atomic E-state index is -1.34. The molecule has 1 aliphatic heterocycles. The Balaban J connectivity index is 1.28. The summed E-state index contributed by atoms with van der Waals surface area (Å²) in [6.07, 6.45) is -0.571. The van der Waals surface area contributed by atoms with E-state index in [4.69, 9.17) is 18.9 Å². The maximum atomic E-state index is 13.6. The summed E-state index contributed by atoms with van der Waals surface area (Å²) in [5.41, 5.74) is 1.42. The first-order chi connectivity index (χ1) is 26.3. The lowest BCUT2D eigenvalue weighted by Crippen LogP contribution is -2.55. The highest BCUT2D eigenvalue weighted by Gasteiger charge is 2.46. The number of H-pyrrole nitrogens is 1. The van der Waals surface area contributed by atoms with Crippen LogP contribution in [0.4, 0.5) is 5.95 Å². The van der Waals surface area contributed by atoms with Crippen molar-refractivity contribution in [2.45, 2.75) is 30.0 Å². The fraction of sp³-hybridized carbons (Fsp3) is 0.244. The number of benzene rings is 4. The zero-order valence-electron chi connectivity index (χ0n) is 30.0. The minimum Gasteiger partial charge on any atom is -0.497 e. The van der Waals surface area contributed by atoms with Crippen LogP contribution in [-0.2, 0) is 19.8 Å². The Labute approximate surface area is 311 Å². The van der Waals surface area contributed by atoms with Gasteiger partial charge in [-0.3, -0.25) is 9.78 Å². The highest BCUT2D eigenvalue weighted by molar-refractivity contribution is 5.89. The van der Waals surface area contributed by atoms with Crippen molar-refractivity contribution in [3.63, 3.8) is 0 Å². The van der Waals surface area contributed by atoms with Crippen LogP contribution >= 0.6 is 0 Å². The van der Waals surface area contributed by atoms with Gasteiger partial charge < -0.3 is 33.5 Å². The van der Waals surface area contributed by atoms with Gasteiger partial charge in [-0.05, 0) is 41.0 Å². The van der Waals surface area contributed by atoms with E-state index in [1.807, 2.05) is 84.9 Å². The van der Waals surface area contributed by atoms with Gasteiger partial charge in [-0.15, -0.1) is 0 Å². The standard InChI is InChI=1S/C41H40N6O7/c1-46(2)25-43-40-44-37-34(38(49)45-40)42-26-47(37)32-23-52-33(36(35(32)48)54-39(50)27-13-7-4-8-14-27)24-53-41(28-15-9-5-10-16-28,29-17-11-6-12-18-29)30-19-21-31(51-3)22-20-30/h4-22,25-26,32-33,35-36,48H,23-24H2,1-3H3,(H,44,45,49)/b43-25+/t32-,33-,35+,36-/m1/s1. The lowest BCUT2D eigenvalue weighted by Gasteiger charge is -2.42. The zero-order chi connectivity index (χ0) is 37.7. The molecule has 0 unspecified atom stereocenters. The highest BCUT2D eigenvalue weighted by atomic mass is 16.6. The van der Waals surface area contributed by atoms with Crippen LogP contribution < -0.4 is 10.3 Å². The maximum Gasteiger partial charge on any atom is 0.338 e. The number of imidazole rings is 1. The molecule has 0 spiro atoms. The number of aromatic nitrogens is 4. The average molecular weight is 729 g/mol. The minimum absolute atomic E-state index is 0.0446. The molecule has 0 radical (unpaired) electrons. The molecule has 13 nitrogen and oxygen atoms in total. The predicted octanol–water partition coefficient (Wildman–Crippen LogP) is 4.88. The molecule has 6 aromatic rings. The van der Waals surface area contributed by atoms with E-state index in [0.717, 1.165) is 16.7 Å². The molecule has 276 valence electrons. The number of rotatable bonds is 12. The molecule has 1 aliphatic rings. The number of aliphatic hydroxyl groups excluding tert-OH is 1. The molecular formula is C41H40N6O7. The molecular weight excluding hydrogens is 688 g/mol. The molecule has 7 rings (SSSR count). The van der Waals surface area contributed by atoms with Crippen LogP contribution in [-0.4, -0.2) is 94.6 Å². The number of aromatic amines is 1. The van der Waals surface area contributed by atoms with Crippen LogP contribution in [0.3, 0.4) is 0 Å². The Hall–Kier alpha value is -6.15. The van der Waals surface area contributed by atoms with Crippen molar-refractivity contribution in [3.8, 4) is 5.75 Å². The van der Waals surface area contributed by atoms with Crippen molar-refractivity contribution in [1.29, 1.82) is 0 Å². The van der Waals surface area contributed by atoms with Crippen molar-refractivity contribution in [2.24, 2.45) is 4.99 Å². The first kappa shape index (κ1) is 36.2. The van der Waals surface area contributed by atoms with Gasteiger partial charge in [0.25, 0.3) is 5.56 Å². The summed E-state index contributed by atoms with van der Waals surface area (Å²) < 4.78 is 26.7. The summed E-state index contributed by atoms with van der Waals surface area (Å²) in [6.45, 7) is -0.143. The fourth-order valence-electron chi connectivity index (χ4n) is 6.67. The molecule has 54 heavy (non-hydrogen) atoms. The number of methoxy groups -OCH3 is 1. The Morgan fingerprint density at radius 1 is 0.963 bits per heavy atom. The van der Waals surface area contributed by atoms with Crippen molar-refractivity contribution >= 4 is 29.4 Å². The number of carbonyl (C=O) groups excluding carboxylic acids is 1.